The summed E-state index contributed by atoms with van der Waals surface area (Å²) in [6.45, 7) is 2.08. The standard InChI is InChI=1S/C20H17F2N3O/c1-2-13-3-6-15(7-4-13)24-16-9-10-23-19(12-16)20(26)25-18-8-5-14(21)11-17(18)22/h3-12H,2H2,1H3,(H,23,24)(H,25,26). The van der Waals surface area contributed by atoms with E-state index in [1.165, 1.54) is 17.8 Å². The van der Waals surface area contributed by atoms with Crippen LogP contribution in [-0.4, -0.2) is 10.9 Å². The van der Waals surface area contributed by atoms with Crippen LogP contribution in [0, 0.1) is 11.6 Å². The van der Waals surface area contributed by atoms with Crippen molar-refractivity contribution in [3.05, 3.63) is 83.7 Å². The van der Waals surface area contributed by atoms with E-state index in [2.05, 4.69) is 22.5 Å². The molecule has 0 unspecified atom stereocenters. The number of hydrogen-bond acceptors (Lipinski definition) is 3. The minimum Gasteiger partial charge on any atom is -0.355 e. The van der Waals surface area contributed by atoms with E-state index >= 15 is 0 Å². The number of carbonyl (C=O) groups excluding carboxylic acids is 1. The zero-order chi connectivity index (χ0) is 18.5. The lowest BCUT2D eigenvalue weighted by Gasteiger charge is -2.09. The van der Waals surface area contributed by atoms with Gasteiger partial charge in [-0.05, 0) is 48.4 Å². The van der Waals surface area contributed by atoms with E-state index in [1.807, 2.05) is 24.3 Å². The smallest absolute Gasteiger partial charge is 0.274 e. The summed E-state index contributed by atoms with van der Waals surface area (Å²) in [5.74, 6) is -2.14. The van der Waals surface area contributed by atoms with E-state index in [4.69, 9.17) is 0 Å². The molecule has 0 spiro atoms. The van der Waals surface area contributed by atoms with Crippen molar-refractivity contribution in [2.45, 2.75) is 13.3 Å². The second-order valence-electron chi connectivity index (χ2n) is 5.68. The molecule has 1 amide bonds. The number of benzene rings is 2. The van der Waals surface area contributed by atoms with Gasteiger partial charge in [-0.25, -0.2) is 8.78 Å². The van der Waals surface area contributed by atoms with E-state index in [0.717, 1.165) is 18.2 Å². The van der Waals surface area contributed by atoms with Gasteiger partial charge in [-0.2, -0.15) is 0 Å². The average Bonchev–Trinajstić information content (AvgIpc) is 2.65. The number of aromatic nitrogens is 1. The van der Waals surface area contributed by atoms with Crippen LogP contribution in [0.1, 0.15) is 23.0 Å². The second kappa shape index (κ2) is 7.74. The summed E-state index contributed by atoms with van der Waals surface area (Å²) >= 11 is 0. The summed E-state index contributed by atoms with van der Waals surface area (Å²) in [6, 6.07) is 14.2. The highest BCUT2D eigenvalue weighted by molar-refractivity contribution is 6.03. The Balaban J connectivity index is 1.74. The Bertz CT molecular complexity index is 927. The van der Waals surface area contributed by atoms with Gasteiger partial charge in [-0.15, -0.1) is 0 Å². The average molecular weight is 353 g/mol. The minimum atomic E-state index is -0.844. The van der Waals surface area contributed by atoms with Gasteiger partial charge >= 0.3 is 0 Å². The Morgan fingerprint density at radius 3 is 2.46 bits per heavy atom. The number of rotatable bonds is 5. The summed E-state index contributed by atoms with van der Waals surface area (Å²) in [7, 11) is 0. The highest BCUT2D eigenvalue weighted by Crippen LogP contribution is 2.19. The van der Waals surface area contributed by atoms with Crippen LogP contribution in [0.25, 0.3) is 0 Å². The molecule has 2 N–H and O–H groups in total. The Hall–Kier alpha value is -3.28. The second-order valence-corrected chi connectivity index (χ2v) is 5.68. The Labute approximate surface area is 149 Å². The zero-order valence-electron chi connectivity index (χ0n) is 14.1. The van der Waals surface area contributed by atoms with Gasteiger partial charge < -0.3 is 10.6 Å². The topological polar surface area (TPSA) is 54.0 Å². The molecule has 0 aliphatic heterocycles. The van der Waals surface area contributed by atoms with Crippen molar-refractivity contribution in [2.24, 2.45) is 0 Å². The molecule has 132 valence electrons. The molecule has 2 aromatic carbocycles. The summed E-state index contributed by atoms with van der Waals surface area (Å²) < 4.78 is 26.6. The third-order valence-electron chi connectivity index (χ3n) is 3.82. The lowest BCUT2D eigenvalue weighted by Crippen LogP contribution is -2.14. The molecule has 0 saturated carbocycles. The monoisotopic (exact) mass is 353 g/mol. The van der Waals surface area contributed by atoms with Crippen molar-refractivity contribution in [2.75, 3.05) is 10.6 Å². The van der Waals surface area contributed by atoms with E-state index in [9.17, 15) is 13.6 Å². The van der Waals surface area contributed by atoms with Crippen LogP contribution in [0.2, 0.25) is 0 Å². The molecule has 26 heavy (non-hydrogen) atoms. The molecule has 0 fully saturated rings. The van der Waals surface area contributed by atoms with Crippen LogP contribution < -0.4 is 10.6 Å². The summed E-state index contributed by atoms with van der Waals surface area (Å²) in [6.07, 6.45) is 2.44. The van der Waals surface area contributed by atoms with Crippen molar-refractivity contribution in [1.29, 1.82) is 0 Å². The van der Waals surface area contributed by atoms with Crippen molar-refractivity contribution in [1.82, 2.24) is 4.98 Å². The summed E-state index contributed by atoms with van der Waals surface area (Å²) in [4.78, 5) is 16.3. The first-order valence-corrected chi connectivity index (χ1v) is 8.13. The first-order chi connectivity index (χ1) is 12.5. The molecular formula is C20H17F2N3O. The molecule has 6 heteroatoms. The number of nitrogens with zero attached hydrogens (tertiary/aromatic N) is 1. The van der Waals surface area contributed by atoms with Crippen molar-refractivity contribution < 1.29 is 13.6 Å². The van der Waals surface area contributed by atoms with Gasteiger partial charge in [0.15, 0.2) is 0 Å². The first kappa shape index (κ1) is 17.5. The van der Waals surface area contributed by atoms with Gasteiger partial charge in [0.25, 0.3) is 5.91 Å². The number of pyridine rings is 1. The lowest BCUT2D eigenvalue weighted by atomic mass is 10.1. The molecule has 3 rings (SSSR count). The van der Waals surface area contributed by atoms with Gasteiger partial charge in [0.05, 0.1) is 5.69 Å². The number of carbonyl (C=O) groups is 1. The van der Waals surface area contributed by atoms with Crippen molar-refractivity contribution in [3.8, 4) is 0 Å². The molecule has 3 aromatic rings. The number of nitrogens with one attached hydrogen (secondary N) is 2. The molecule has 1 aromatic heterocycles. The Kier molecular flexibility index (Phi) is 5.22. The Morgan fingerprint density at radius 1 is 1.00 bits per heavy atom. The van der Waals surface area contributed by atoms with E-state index in [-0.39, 0.29) is 11.4 Å². The van der Waals surface area contributed by atoms with Crippen LogP contribution >= 0.6 is 0 Å². The minimum absolute atomic E-state index is 0.105. The van der Waals surface area contributed by atoms with Crippen LogP contribution in [0.4, 0.5) is 25.8 Å². The number of anilines is 3. The fourth-order valence-corrected chi connectivity index (χ4v) is 2.40. The summed E-state index contributed by atoms with van der Waals surface area (Å²) in [5.41, 5.74) is 2.79. The first-order valence-electron chi connectivity index (χ1n) is 8.13. The van der Waals surface area contributed by atoms with Gasteiger partial charge in [-0.3, -0.25) is 9.78 Å². The molecule has 0 aliphatic carbocycles. The third kappa shape index (κ3) is 4.22. The van der Waals surface area contributed by atoms with Crippen LogP contribution in [0.3, 0.4) is 0 Å². The van der Waals surface area contributed by atoms with Crippen molar-refractivity contribution >= 4 is 23.0 Å². The predicted octanol–water partition coefficient (Wildman–Crippen LogP) is 4.92. The number of hydrogen-bond donors (Lipinski definition) is 2. The normalized spacial score (nSPS) is 10.4. The van der Waals surface area contributed by atoms with E-state index < -0.39 is 17.5 Å². The maximum atomic E-state index is 13.7. The van der Waals surface area contributed by atoms with Crippen LogP contribution in [0.15, 0.2) is 60.8 Å². The SMILES string of the molecule is CCc1ccc(Nc2ccnc(C(=O)Nc3ccc(F)cc3F)c2)cc1. The fraction of sp³-hybridized carbons (Fsp3) is 0.100. The predicted molar refractivity (Wildman–Crippen MR) is 97.7 cm³/mol. The molecule has 4 nitrogen and oxygen atoms in total. The maximum absolute atomic E-state index is 13.7. The van der Waals surface area contributed by atoms with Crippen LogP contribution in [-0.2, 0) is 6.42 Å². The molecule has 0 radical (unpaired) electrons. The quantitative estimate of drug-likeness (QED) is 0.685. The van der Waals surface area contributed by atoms with Crippen molar-refractivity contribution in [3.63, 3.8) is 0 Å². The van der Waals surface area contributed by atoms with Crippen LogP contribution in [0.5, 0.6) is 0 Å². The maximum Gasteiger partial charge on any atom is 0.274 e. The van der Waals surface area contributed by atoms with Gasteiger partial charge in [0.1, 0.15) is 17.3 Å². The molecule has 0 bridgehead atoms. The molecule has 0 saturated heterocycles. The number of amides is 1. The van der Waals surface area contributed by atoms with E-state index in [1.54, 1.807) is 12.1 Å². The highest BCUT2D eigenvalue weighted by Gasteiger charge is 2.12. The molecular weight excluding hydrogens is 336 g/mol. The number of halogens is 2. The largest absolute Gasteiger partial charge is 0.355 e. The molecule has 0 atom stereocenters. The highest BCUT2D eigenvalue weighted by atomic mass is 19.1. The lowest BCUT2D eigenvalue weighted by molar-refractivity contribution is 0.102. The Morgan fingerprint density at radius 2 is 1.77 bits per heavy atom. The molecule has 0 aliphatic rings. The van der Waals surface area contributed by atoms with Gasteiger partial charge in [-0.1, -0.05) is 19.1 Å². The van der Waals surface area contributed by atoms with E-state index in [0.29, 0.717) is 11.8 Å². The third-order valence-corrected chi connectivity index (χ3v) is 3.82. The zero-order valence-corrected chi connectivity index (χ0v) is 14.1. The van der Waals surface area contributed by atoms with Gasteiger partial charge in [0, 0.05) is 23.6 Å². The number of aryl methyl sites for hydroxylation is 1. The fourth-order valence-electron chi connectivity index (χ4n) is 2.40. The van der Waals surface area contributed by atoms with Gasteiger partial charge in [0.2, 0.25) is 0 Å². The molecule has 1 heterocycles. The summed E-state index contributed by atoms with van der Waals surface area (Å²) in [5, 5.41) is 5.58.